The van der Waals surface area contributed by atoms with Crippen LogP contribution in [0.5, 0.6) is 0 Å². The number of aryl methyl sites for hydroxylation is 2. The van der Waals surface area contributed by atoms with Gasteiger partial charge in [0.05, 0.1) is 0 Å². The van der Waals surface area contributed by atoms with Crippen molar-refractivity contribution in [3.63, 3.8) is 0 Å². The molecule has 0 saturated heterocycles. The zero-order valence-corrected chi connectivity index (χ0v) is 11.7. The fraction of sp³-hybridized carbons (Fsp3) is 0.467. The minimum absolute atomic E-state index is 0.0848. The van der Waals surface area contributed by atoms with Crippen molar-refractivity contribution in [1.82, 2.24) is 14.8 Å². The molecule has 0 bridgehead atoms. The van der Waals surface area contributed by atoms with Crippen LogP contribution in [0.3, 0.4) is 0 Å². The normalized spacial score (nSPS) is 12.6. The Balaban J connectivity index is 1.97. The van der Waals surface area contributed by atoms with E-state index in [0.29, 0.717) is 0 Å². The summed E-state index contributed by atoms with van der Waals surface area (Å²) in [5.41, 5.74) is 8.79. The molecule has 0 fully saturated rings. The molecule has 0 aliphatic heterocycles. The molecule has 19 heavy (non-hydrogen) atoms. The molecule has 0 radical (unpaired) electrons. The molecule has 1 atom stereocenters. The second-order valence-corrected chi connectivity index (χ2v) is 5.06. The SMILES string of the molecule is CCCn1ncnc1CC(N)Cc1cccc(C)c1. The molecule has 2 rings (SSSR count). The van der Waals surface area contributed by atoms with E-state index in [-0.39, 0.29) is 6.04 Å². The average molecular weight is 258 g/mol. The Kier molecular flexibility index (Phi) is 4.68. The van der Waals surface area contributed by atoms with E-state index in [1.54, 1.807) is 6.33 Å². The zero-order chi connectivity index (χ0) is 13.7. The molecule has 4 nitrogen and oxygen atoms in total. The third-order valence-corrected chi connectivity index (χ3v) is 3.16. The number of hydrogen-bond donors (Lipinski definition) is 1. The lowest BCUT2D eigenvalue weighted by molar-refractivity contribution is 0.540. The summed E-state index contributed by atoms with van der Waals surface area (Å²) in [5, 5.41) is 4.23. The van der Waals surface area contributed by atoms with Crippen molar-refractivity contribution in [2.45, 2.75) is 45.7 Å². The Morgan fingerprint density at radius 2 is 2.16 bits per heavy atom. The van der Waals surface area contributed by atoms with Crippen molar-refractivity contribution >= 4 is 0 Å². The van der Waals surface area contributed by atoms with E-state index in [0.717, 1.165) is 31.6 Å². The highest BCUT2D eigenvalue weighted by Crippen LogP contribution is 2.08. The molecule has 0 aliphatic carbocycles. The molecule has 1 aromatic carbocycles. The van der Waals surface area contributed by atoms with Crippen molar-refractivity contribution < 1.29 is 0 Å². The maximum Gasteiger partial charge on any atom is 0.138 e. The first-order chi connectivity index (χ1) is 9.19. The van der Waals surface area contributed by atoms with Crippen LogP contribution in [0.15, 0.2) is 30.6 Å². The number of rotatable bonds is 6. The summed E-state index contributed by atoms with van der Waals surface area (Å²) in [5.74, 6) is 0.988. The molecule has 0 aliphatic rings. The molecule has 0 saturated carbocycles. The Morgan fingerprint density at radius 1 is 1.32 bits per heavy atom. The van der Waals surface area contributed by atoms with E-state index >= 15 is 0 Å². The number of nitrogens with two attached hydrogens (primary N) is 1. The first-order valence-electron chi connectivity index (χ1n) is 6.87. The monoisotopic (exact) mass is 258 g/mol. The van der Waals surface area contributed by atoms with Gasteiger partial charge in [-0.1, -0.05) is 36.8 Å². The Hall–Kier alpha value is -1.68. The third-order valence-electron chi connectivity index (χ3n) is 3.16. The molecule has 0 amide bonds. The topological polar surface area (TPSA) is 56.7 Å². The van der Waals surface area contributed by atoms with Crippen LogP contribution in [0, 0.1) is 6.92 Å². The largest absolute Gasteiger partial charge is 0.327 e. The lowest BCUT2D eigenvalue weighted by Crippen LogP contribution is -2.27. The van der Waals surface area contributed by atoms with Gasteiger partial charge in [-0.15, -0.1) is 0 Å². The van der Waals surface area contributed by atoms with Crippen LogP contribution < -0.4 is 5.73 Å². The maximum absolute atomic E-state index is 6.23. The highest BCUT2D eigenvalue weighted by atomic mass is 15.3. The van der Waals surface area contributed by atoms with Gasteiger partial charge in [0.2, 0.25) is 0 Å². The standard InChI is InChI=1S/C15H22N4/c1-3-7-19-15(17-11-18-19)10-14(16)9-13-6-4-5-12(2)8-13/h4-6,8,11,14H,3,7,9-10,16H2,1-2H3. The maximum atomic E-state index is 6.23. The lowest BCUT2D eigenvalue weighted by atomic mass is 10.0. The second kappa shape index (κ2) is 6.48. The number of benzene rings is 1. The van der Waals surface area contributed by atoms with Gasteiger partial charge in [-0.05, 0) is 25.3 Å². The van der Waals surface area contributed by atoms with Crippen molar-refractivity contribution in [2.75, 3.05) is 0 Å². The van der Waals surface area contributed by atoms with Crippen molar-refractivity contribution in [3.05, 3.63) is 47.5 Å². The Bertz CT molecular complexity index is 518. The molecule has 4 heteroatoms. The molecule has 2 N–H and O–H groups in total. The quantitative estimate of drug-likeness (QED) is 0.863. The van der Waals surface area contributed by atoms with Gasteiger partial charge in [-0.25, -0.2) is 4.98 Å². The van der Waals surface area contributed by atoms with Crippen molar-refractivity contribution in [1.29, 1.82) is 0 Å². The predicted molar refractivity (Wildman–Crippen MR) is 76.9 cm³/mol. The van der Waals surface area contributed by atoms with Gasteiger partial charge in [-0.2, -0.15) is 5.10 Å². The van der Waals surface area contributed by atoms with Crippen LogP contribution in [-0.4, -0.2) is 20.8 Å². The smallest absolute Gasteiger partial charge is 0.138 e. The molecule has 102 valence electrons. The molecule has 1 unspecified atom stereocenters. The average Bonchev–Trinajstić information content (AvgIpc) is 2.77. The molecule has 2 aromatic rings. The molecular formula is C15H22N4. The zero-order valence-electron chi connectivity index (χ0n) is 11.7. The minimum Gasteiger partial charge on any atom is -0.327 e. The van der Waals surface area contributed by atoms with E-state index in [4.69, 9.17) is 5.73 Å². The van der Waals surface area contributed by atoms with Gasteiger partial charge < -0.3 is 5.73 Å². The van der Waals surface area contributed by atoms with Crippen LogP contribution in [0.1, 0.15) is 30.3 Å². The highest BCUT2D eigenvalue weighted by molar-refractivity contribution is 5.23. The van der Waals surface area contributed by atoms with Gasteiger partial charge >= 0.3 is 0 Å². The third kappa shape index (κ3) is 3.89. The summed E-state index contributed by atoms with van der Waals surface area (Å²) in [6, 6.07) is 8.59. The van der Waals surface area contributed by atoms with Crippen LogP contribution >= 0.6 is 0 Å². The molecular weight excluding hydrogens is 236 g/mol. The Morgan fingerprint density at radius 3 is 2.89 bits per heavy atom. The van der Waals surface area contributed by atoms with Gasteiger partial charge in [0.1, 0.15) is 12.2 Å². The predicted octanol–water partition coefficient (Wildman–Crippen LogP) is 2.11. The van der Waals surface area contributed by atoms with Gasteiger partial charge in [0.25, 0.3) is 0 Å². The van der Waals surface area contributed by atoms with Crippen LogP contribution in [0.25, 0.3) is 0 Å². The van der Waals surface area contributed by atoms with E-state index < -0.39 is 0 Å². The van der Waals surface area contributed by atoms with E-state index in [1.165, 1.54) is 11.1 Å². The lowest BCUT2D eigenvalue weighted by Gasteiger charge is -2.12. The first-order valence-corrected chi connectivity index (χ1v) is 6.87. The molecule has 1 heterocycles. The summed E-state index contributed by atoms with van der Waals surface area (Å²) in [4.78, 5) is 4.31. The highest BCUT2D eigenvalue weighted by Gasteiger charge is 2.10. The van der Waals surface area contributed by atoms with Gasteiger partial charge in [-0.3, -0.25) is 4.68 Å². The van der Waals surface area contributed by atoms with Crippen molar-refractivity contribution in [3.8, 4) is 0 Å². The first kappa shape index (κ1) is 13.7. The number of nitrogens with zero attached hydrogens (tertiary/aromatic N) is 3. The van der Waals surface area contributed by atoms with E-state index in [2.05, 4.69) is 48.2 Å². The molecule has 0 spiro atoms. The fourth-order valence-electron chi connectivity index (χ4n) is 2.29. The van der Waals surface area contributed by atoms with E-state index in [1.807, 2.05) is 4.68 Å². The van der Waals surface area contributed by atoms with Crippen LogP contribution in [-0.2, 0) is 19.4 Å². The van der Waals surface area contributed by atoms with Gasteiger partial charge in [0.15, 0.2) is 0 Å². The van der Waals surface area contributed by atoms with Crippen molar-refractivity contribution in [2.24, 2.45) is 5.73 Å². The Labute approximate surface area is 114 Å². The van der Waals surface area contributed by atoms with Crippen LogP contribution in [0.2, 0.25) is 0 Å². The number of aromatic nitrogens is 3. The molecule has 1 aromatic heterocycles. The summed E-state index contributed by atoms with van der Waals surface area (Å²) >= 11 is 0. The summed E-state index contributed by atoms with van der Waals surface area (Å²) in [6.45, 7) is 5.15. The van der Waals surface area contributed by atoms with Crippen LogP contribution in [0.4, 0.5) is 0 Å². The second-order valence-electron chi connectivity index (χ2n) is 5.06. The minimum atomic E-state index is 0.0848. The fourth-order valence-corrected chi connectivity index (χ4v) is 2.29. The summed E-state index contributed by atoms with van der Waals surface area (Å²) < 4.78 is 1.95. The van der Waals surface area contributed by atoms with Gasteiger partial charge in [0, 0.05) is 19.0 Å². The number of hydrogen-bond acceptors (Lipinski definition) is 3. The summed E-state index contributed by atoms with van der Waals surface area (Å²) in [7, 11) is 0. The summed E-state index contributed by atoms with van der Waals surface area (Å²) in [6.07, 6.45) is 4.32. The van der Waals surface area contributed by atoms with E-state index in [9.17, 15) is 0 Å².